The van der Waals surface area contributed by atoms with Crippen molar-refractivity contribution >= 4 is 9.84 Å². The first-order valence-electron chi connectivity index (χ1n) is 6.15. The average Bonchev–Trinajstić information content (AvgIpc) is 2.29. The Morgan fingerprint density at radius 2 is 1.83 bits per heavy atom. The second-order valence-corrected chi connectivity index (χ2v) is 8.08. The van der Waals surface area contributed by atoms with Gasteiger partial charge in [0.1, 0.15) is 6.07 Å². The lowest BCUT2D eigenvalue weighted by atomic mass is 10.2. The topological polar surface area (TPSA) is 73.2 Å². The molecule has 0 bridgehead atoms. The maximum Gasteiger partial charge on any atom is 0.194 e. The molecule has 102 valence electrons. The predicted molar refractivity (Wildman–Crippen MR) is 70.9 cm³/mol. The van der Waals surface area contributed by atoms with E-state index < -0.39 is 14.6 Å². The van der Waals surface area contributed by atoms with Gasteiger partial charge in [0.25, 0.3) is 0 Å². The van der Waals surface area contributed by atoms with Crippen molar-refractivity contribution in [1.82, 2.24) is 10.4 Å². The number of piperidine rings is 1. The Kier molecular flexibility index (Phi) is 4.77. The van der Waals surface area contributed by atoms with Crippen LogP contribution in [0.25, 0.3) is 0 Å². The lowest BCUT2D eigenvalue weighted by Crippen LogP contribution is -2.39. The number of nitrogens with zero attached hydrogens (tertiary/aromatic N) is 2. The Bertz CT molecular complexity index is 449. The van der Waals surface area contributed by atoms with E-state index in [2.05, 4.69) is 5.43 Å². The Hall–Kier alpha value is -1.06. The van der Waals surface area contributed by atoms with Gasteiger partial charge in [-0.1, -0.05) is 6.42 Å². The molecule has 6 heteroatoms. The third-order valence-corrected chi connectivity index (χ3v) is 5.34. The standard InChI is InChI=1S/C12H21N3O2S/c1-12(2,3)18(16,17)11(9-13)10-14-15-7-5-4-6-8-15/h10,14H,4-8H2,1-3H3. The van der Waals surface area contributed by atoms with E-state index in [1.165, 1.54) is 12.6 Å². The van der Waals surface area contributed by atoms with E-state index in [1.54, 1.807) is 26.8 Å². The summed E-state index contributed by atoms with van der Waals surface area (Å²) in [4.78, 5) is -0.208. The quantitative estimate of drug-likeness (QED) is 0.788. The molecule has 0 aromatic rings. The summed E-state index contributed by atoms with van der Waals surface area (Å²) in [6.07, 6.45) is 4.70. The van der Waals surface area contributed by atoms with Gasteiger partial charge in [0.05, 0.1) is 4.75 Å². The van der Waals surface area contributed by atoms with Gasteiger partial charge in [-0.15, -0.1) is 0 Å². The van der Waals surface area contributed by atoms with Crippen LogP contribution >= 0.6 is 0 Å². The first-order chi connectivity index (χ1) is 8.29. The molecule has 0 amide bonds. The number of nitrogens with one attached hydrogen (secondary N) is 1. The van der Waals surface area contributed by atoms with E-state index in [0.29, 0.717) is 0 Å². The molecule has 1 fully saturated rings. The average molecular weight is 271 g/mol. The first kappa shape index (κ1) is 15.0. The van der Waals surface area contributed by atoms with Crippen LogP contribution in [-0.2, 0) is 9.84 Å². The molecule has 0 unspecified atom stereocenters. The largest absolute Gasteiger partial charge is 0.324 e. The van der Waals surface area contributed by atoms with Gasteiger partial charge in [0.2, 0.25) is 0 Å². The maximum absolute atomic E-state index is 12.1. The van der Waals surface area contributed by atoms with Crippen LogP contribution in [0.4, 0.5) is 0 Å². The van der Waals surface area contributed by atoms with Gasteiger partial charge in [0.15, 0.2) is 14.7 Å². The van der Waals surface area contributed by atoms with Crippen molar-refractivity contribution in [3.8, 4) is 6.07 Å². The molecule has 0 aliphatic carbocycles. The summed E-state index contributed by atoms with van der Waals surface area (Å²) in [5, 5.41) is 10.9. The van der Waals surface area contributed by atoms with Crippen molar-refractivity contribution in [3.05, 3.63) is 11.1 Å². The fourth-order valence-corrected chi connectivity index (χ4v) is 2.66. The molecule has 0 radical (unpaired) electrons. The zero-order valence-corrected chi connectivity index (χ0v) is 12.0. The predicted octanol–water partition coefficient (Wildman–Crippen LogP) is 1.56. The van der Waals surface area contributed by atoms with Crippen LogP contribution in [0, 0.1) is 11.3 Å². The molecule has 1 aliphatic rings. The molecule has 0 aromatic carbocycles. The number of hydrogen-bond donors (Lipinski definition) is 1. The summed E-state index contributed by atoms with van der Waals surface area (Å²) in [7, 11) is -3.58. The highest BCUT2D eigenvalue weighted by Gasteiger charge is 2.33. The molecule has 1 rings (SSSR count). The molecule has 0 atom stereocenters. The van der Waals surface area contributed by atoms with Gasteiger partial charge < -0.3 is 5.43 Å². The maximum atomic E-state index is 12.1. The van der Waals surface area contributed by atoms with Gasteiger partial charge in [-0.3, -0.25) is 0 Å². The molecule has 0 saturated carbocycles. The van der Waals surface area contributed by atoms with Crippen LogP contribution < -0.4 is 5.43 Å². The Labute approximate surface area is 109 Å². The number of allylic oxidation sites excluding steroid dienone is 1. The minimum Gasteiger partial charge on any atom is -0.324 e. The number of rotatable bonds is 3. The van der Waals surface area contributed by atoms with E-state index in [1.807, 2.05) is 5.01 Å². The number of hydrogen-bond acceptors (Lipinski definition) is 5. The van der Waals surface area contributed by atoms with Gasteiger partial charge in [-0.25, -0.2) is 13.4 Å². The highest BCUT2D eigenvalue weighted by molar-refractivity contribution is 7.96. The van der Waals surface area contributed by atoms with Crippen LogP contribution in [0.3, 0.4) is 0 Å². The summed E-state index contributed by atoms with van der Waals surface area (Å²) in [5.74, 6) is 0. The fourth-order valence-electron chi connectivity index (χ4n) is 1.67. The van der Waals surface area contributed by atoms with Gasteiger partial charge in [-0.05, 0) is 33.6 Å². The second kappa shape index (κ2) is 5.72. The highest BCUT2D eigenvalue weighted by Crippen LogP contribution is 2.22. The van der Waals surface area contributed by atoms with Gasteiger partial charge in [0, 0.05) is 19.3 Å². The van der Waals surface area contributed by atoms with E-state index in [9.17, 15) is 8.42 Å². The summed E-state index contributed by atoms with van der Waals surface area (Å²) < 4.78 is 23.3. The summed E-state index contributed by atoms with van der Waals surface area (Å²) in [6, 6.07) is 1.77. The van der Waals surface area contributed by atoms with Crippen molar-refractivity contribution in [1.29, 1.82) is 5.26 Å². The molecule has 18 heavy (non-hydrogen) atoms. The Morgan fingerprint density at radius 3 is 2.28 bits per heavy atom. The lowest BCUT2D eigenvalue weighted by Gasteiger charge is -2.26. The fraction of sp³-hybridized carbons (Fsp3) is 0.750. The number of hydrazine groups is 1. The summed E-state index contributed by atoms with van der Waals surface area (Å²) >= 11 is 0. The van der Waals surface area contributed by atoms with E-state index in [0.717, 1.165) is 25.9 Å². The Balaban J connectivity index is 2.81. The molecule has 1 saturated heterocycles. The van der Waals surface area contributed by atoms with Crippen LogP contribution in [0.2, 0.25) is 0 Å². The monoisotopic (exact) mass is 271 g/mol. The van der Waals surface area contributed by atoms with Gasteiger partial charge in [-0.2, -0.15) is 5.26 Å². The molecule has 1 aliphatic heterocycles. The van der Waals surface area contributed by atoms with Crippen LogP contribution in [-0.4, -0.2) is 31.3 Å². The zero-order chi connectivity index (χ0) is 13.8. The van der Waals surface area contributed by atoms with Crippen molar-refractivity contribution in [3.63, 3.8) is 0 Å². The molecular formula is C12H21N3O2S. The van der Waals surface area contributed by atoms with E-state index in [4.69, 9.17) is 5.26 Å². The smallest absolute Gasteiger partial charge is 0.194 e. The lowest BCUT2D eigenvalue weighted by molar-refractivity contribution is 0.183. The number of sulfone groups is 1. The summed E-state index contributed by atoms with van der Waals surface area (Å²) in [5.41, 5.74) is 2.92. The van der Waals surface area contributed by atoms with Crippen molar-refractivity contribution in [2.75, 3.05) is 13.1 Å². The highest BCUT2D eigenvalue weighted by atomic mass is 32.2. The van der Waals surface area contributed by atoms with Gasteiger partial charge >= 0.3 is 0 Å². The third kappa shape index (κ3) is 3.47. The van der Waals surface area contributed by atoms with E-state index in [-0.39, 0.29) is 4.91 Å². The minimum atomic E-state index is -3.58. The van der Waals surface area contributed by atoms with Crippen molar-refractivity contribution in [2.24, 2.45) is 0 Å². The molecule has 1 heterocycles. The van der Waals surface area contributed by atoms with Crippen LogP contribution in [0.15, 0.2) is 11.1 Å². The second-order valence-electron chi connectivity index (χ2n) is 5.41. The minimum absolute atomic E-state index is 0.208. The van der Waals surface area contributed by atoms with E-state index >= 15 is 0 Å². The number of nitriles is 1. The normalized spacial score (nSPS) is 19.3. The SMILES string of the molecule is CC(C)(C)S(=O)(=O)C(C#N)=CNN1CCCCC1. The van der Waals surface area contributed by atoms with Crippen LogP contribution in [0.5, 0.6) is 0 Å². The Morgan fingerprint density at radius 1 is 1.28 bits per heavy atom. The third-order valence-electron chi connectivity index (χ3n) is 2.94. The molecule has 0 aromatic heterocycles. The van der Waals surface area contributed by atoms with Crippen molar-refractivity contribution in [2.45, 2.75) is 44.8 Å². The van der Waals surface area contributed by atoms with Crippen molar-refractivity contribution < 1.29 is 8.42 Å². The molecule has 1 N–H and O–H groups in total. The molecule has 0 spiro atoms. The van der Waals surface area contributed by atoms with Crippen LogP contribution in [0.1, 0.15) is 40.0 Å². The summed E-state index contributed by atoms with van der Waals surface area (Å²) in [6.45, 7) is 6.53. The zero-order valence-electron chi connectivity index (χ0n) is 11.2. The first-order valence-corrected chi connectivity index (χ1v) is 7.63. The molecular weight excluding hydrogens is 250 g/mol. The molecule has 5 nitrogen and oxygen atoms in total.